The zero-order valence-corrected chi connectivity index (χ0v) is 17.7. The summed E-state index contributed by atoms with van der Waals surface area (Å²) < 4.78 is 0. The van der Waals surface area contributed by atoms with Gasteiger partial charge in [0, 0.05) is 32.1 Å². The van der Waals surface area contributed by atoms with Crippen molar-refractivity contribution in [3.63, 3.8) is 0 Å². The maximum absolute atomic E-state index is 13.7. The summed E-state index contributed by atoms with van der Waals surface area (Å²) in [5.74, 6) is 0.349. The molecule has 4 rings (SSSR count). The molecule has 0 atom stereocenters. The number of carbonyl (C=O) groups is 2. The van der Waals surface area contributed by atoms with Gasteiger partial charge in [0.15, 0.2) is 0 Å². The van der Waals surface area contributed by atoms with Crippen LogP contribution in [0, 0.1) is 5.92 Å². The van der Waals surface area contributed by atoms with Gasteiger partial charge in [-0.15, -0.1) is 0 Å². The Morgan fingerprint density at radius 2 is 1.20 bits per heavy atom. The van der Waals surface area contributed by atoms with E-state index >= 15 is 0 Å². The van der Waals surface area contributed by atoms with E-state index in [1.807, 2.05) is 70.5 Å². The third kappa shape index (κ3) is 4.75. The Morgan fingerprint density at radius 1 is 0.667 bits per heavy atom. The molecule has 2 aromatic rings. The van der Waals surface area contributed by atoms with Gasteiger partial charge in [0.25, 0.3) is 0 Å². The van der Waals surface area contributed by atoms with E-state index < -0.39 is 0 Å². The number of hydrogen-bond acceptors (Lipinski definition) is 2. The lowest BCUT2D eigenvalue weighted by atomic mass is 9.88. The molecule has 0 N–H and O–H groups in total. The summed E-state index contributed by atoms with van der Waals surface area (Å²) in [6, 6.07) is 20.1. The molecule has 0 unspecified atom stereocenters. The summed E-state index contributed by atoms with van der Waals surface area (Å²) >= 11 is 0. The van der Waals surface area contributed by atoms with Crippen LogP contribution in [-0.2, 0) is 9.59 Å². The number of hydrogen-bond donors (Lipinski definition) is 0. The van der Waals surface area contributed by atoms with Crippen molar-refractivity contribution in [2.75, 3.05) is 26.2 Å². The van der Waals surface area contributed by atoms with Gasteiger partial charge in [0.2, 0.25) is 11.8 Å². The fourth-order valence-electron chi connectivity index (χ4n) is 4.92. The van der Waals surface area contributed by atoms with Crippen LogP contribution in [0.3, 0.4) is 0 Å². The van der Waals surface area contributed by atoms with Crippen molar-refractivity contribution in [2.24, 2.45) is 5.92 Å². The molecular weight excluding hydrogens is 372 g/mol. The fraction of sp³-hybridized carbons (Fsp3) is 0.462. The Hall–Kier alpha value is -2.62. The molecule has 2 aliphatic rings. The average Bonchev–Trinajstić information content (AvgIpc) is 3.07. The first-order valence-electron chi connectivity index (χ1n) is 11.4. The highest BCUT2D eigenvalue weighted by atomic mass is 16.2. The van der Waals surface area contributed by atoms with Crippen LogP contribution in [0.4, 0.5) is 0 Å². The number of benzene rings is 2. The first-order chi connectivity index (χ1) is 14.7. The van der Waals surface area contributed by atoms with Gasteiger partial charge in [-0.3, -0.25) is 9.59 Å². The number of nitrogens with zero attached hydrogens (tertiary/aromatic N) is 2. The summed E-state index contributed by atoms with van der Waals surface area (Å²) in [4.78, 5) is 30.6. The number of rotatable bonds is 4. The monoisotopic (exact) mass is 404 g/mol. The molecule has 1 aliphatic carbocycles. The molecule has 1 heterocycles. The first kappa shape index (κ1) is 20.6. The van der Waals surface area contributed by atoms with Crippen LogP contribution in [0.15, 0.2) is 60.7 Å². The van der Waals surface area contributed by atoms with E-state index in [-0.39, 0.29) is 17.7 Å². The zero-order chi connectivity index (χ0) is 20.8. The summed E-state index contributed by atoms with van der Waals surface area (Å²) in [7, 11) is 0. The molecule has 30 heavy (non-hydrogen) atoms. The van der Waals surface area contributed by atoms with Crippen LogP contribution in [0.25, 0.3) is 0 Å². The maximum atomic E-state index is 13.7. The second-order valence-corrected chi connectivity index (χ2v) is 8.59. The Morgan fingerprint density at radius 3 is 1.80 bits per heavy atom. The Balaban J connectivity index is 1.48. The third-order valence-corrected chi connectivity index (χ3v) is 6.59. The second-order valence-electron chi connectivity index (χ2n) is 8.59. The van der Waals surface area contributed by atoms with Crippen LogP contribution in [0.5, 0.6) is 0 Å². The van der Waals surface area contributed by atoms with Gasteiger partial charge in [-0.25, -0.2) is 0 Å². The highest BCUT2D eigenvalue weighted by molar-refractivity contribution is 5.87. The van der Waals surface area contributed by atoms with E-state index in [0.29, 0.717) is 25.5 Å². The van der Waals surface area contributed by atoms with Crippen molar-refractivity contribution < 1.29 is 9.59 Å². The van der Waals surface area contributed by atoms with Crippen LogP contribution in [0.1, 0.15) is 55.6 Å². The minimum absolute atomic E-state index is 0.138. The Labute approximate surface area is 179 Å². The molecular formula is C26H32N2O2. The first-order valence-corrected chi connectivity index (χ1v) is 11.4. The van der Waals surface area contributed by atoms with Crippen LogP contribution in [0.2, 0.25) is 0 Å². The predicted molar refractivity (Wildman–Crippen MR) is 119 cm³/mol. The highest BCUT2D eigenvalue weighted by Crippen LogP contribution is 2.28. The predicted octanol–water partition coefficient (Wildman–Crippen LogP) is 4.46. The van der Waals surface area contributed by atoms with E-state index in [0.717, 1.165) is 36.9 Å². The normalized spacial score (nSPS) is 18.3. The molecule has 1 aliphatic heterocycles. The van der Waals surface area contributed by atoms with Gasteiger partial charge in [0.05, 0.1) is 5.92 Å². The van der Waals surface area contributed by atoms with E-state index in [9.17, 15) is 9.59 Å². The zero-order valence-electron chi connectivity index (χ0n) is 17.7. The molecule has 0 radical (unpaired) electrons. The van der Waals surface area contributed by atoms with E-state index in [1.165, 1.54) is 19.3 Å². The summed E-state index contributed by atoms with van der Waals surface area (Å²) in [5, 5.41) is 0. The number of carbonyl (C=O) groups excluding carboxylic acids is 2. The molecule has 2 amide bonds. The quantitative estimate of drug-likeness (QED) is 0.755. The van der Waals surface area contributed by atoms with Crippen molar-refractivity contribution >= 4 is 11.8 Å². The van der Waals surface area contributed by atoms with E-state index in [2.05, 4.69) is 0 Å². The lowest BCUT2D eigenvalue weighted by molar-refractivity contribution is -0.137. The Kier molecular flexibility index (Phi) is 6.83. The van der Waals surface area contributed by atoms with Gasteiger partial charge in [-0.2, -0.15) is 0 Å². The summed E-state index contributed by atoms with van der Waals surface area (Å²) in [6.07, 6.45) is 6.51. The van der Waals surface area contributed by atoms with Gasteiger partial charge >= 0.3 is 0 Å². The SMILES string of the molecule is O=C(C1CCCCC1)N1CCCN(C(=O)C(c2ccccc2)c2ccccc2)CC1. The molecule has 2 aromatic carbocycles. The highest BCUT2D eigenvalue weighted by Gasteiger charge is 2.31. The second kappa shape index (κ2) is 9.92. The molecule has 4 heteroatoms. The molecule has 1 saturated heterocycles. The van der Waals surface area contributed by atoms with Gasteiger partial charge in [-0.05, 0) is 30.4 Å². The summed E-state index contributed by atoms with van der Waals surface area (Å²) in [6.45, 7) is 2.74. The lowest BCUT2D eigenvalue weighted by Crippen LogP contribution is -2.41. The third-order valence-electron chi connectivity index (χ3n) is 6.59. The van der Waals surface area contributed by atoms with Crippen LogP contribution >= 0.6 is 0 Å². The molecule has 158 valence electrons. The largest absolute Gasteiger partial charge is 0.341 e. The van der Waals surface area contributed by atoms with Crippen molar-refractivity contribution in [1.29, 1.82) is 0 Å². The molecule has 1 saturated carbocycles. The van der Waals surface area contributed by atoms with Crippen molar-refractivity contribution in [3.8, 4) is 0 Å². The van der Waals surface area contributed by atoms with E-state index in [4.69, 9.17) is 0 Å². The van der Waals surface area contributed by atoms with Gasteiger partial charge in [-0.1, -0.05) is 79.9 Å². The standard InChI is InChI=1S/C26H32N2O2/c29-25(23-15-8-3-9-16-23)27-17-10-18-28(20-19-27)26(30)24(21-11-4-1-5-12-21)22-13-6-2-7-14-22/h1-2,4-7,11-14,23-24H,3,8-10,15-20H2. The van der Waals surface area contributed by atoms with Crippen molar-refractivity contribution in [1.82, 2.24) is 9.80 Å². The van der Waals surface area contributed by atoms with Gasteiger partial charge < -0.3 is 9.80 Å². The minimum atomic E-state index is -0.298. The Bertz CT molecular complexity index is 791. The maximum Gasteiger partial charge on any atom is 0.234 e. The molecule has 0 spiro atoms. The van der Waals surface area contributed by atoms with Crippen LogP contribution in [-0.4, -0.2) is 47.8 Å². The molecule has 0 aromatic heterocycles. The fourth-order valence-corrected chi connectivity index (χ4v) is 4.92. The van der Waals surface area contributed by atoms with E-state index in [1.54, 1.807) is 0 Å². The van der Waals surface area contributed by atoms with Crippen molar-refractivity contribution in [3.05, 3.63) is 71.8 Å². The molecule has 0 bridgehead atoms. The van der Waals surface area contributed by atoms with Gasteiger partial charge in [0.1, 0.15) is 0 Å². The average molecular weight is 405 g/mol. The molecule has 4 nitrogen and oxygen atoms in total. The summed E-state index contributed by atoms with van der Waals surface area (Å²) in [5.41, 5.74) is 2.04. The minimum Gasteiger partial charge on any atom is -0.341 e. The van der Waals surface area contributed by atoms with Crippen LogP contribution < -0.4 is 0 Å². The molecule has 2 fully saturated rings. The topological polar surface area (TPSA) is 40.6 Å². The lowest BCUT2D eigenvalue weighted by Gasteiger charge is -2.29. The van der Waals surface area contributed by atoms with Crippen molar-refractivity contribution in [2.45, 2.75) is 44.4 Å². The number of amides is 2. The smallest absolute Gasteiger partial charge is 0.234 e.